The predicted molar refractivity (Wildman–Crippen MR) is 97.2 cm³/mol. The molecule has 5 nitrogen and oxygen atoms in total. The van der Waals surface area contributed by atoms with Crippen molar-refractivity contribution in [2.24, 2.45) is 5.73 Å². The summed E-state index contributed by atoms with van der Waals surface area (Å²) in [5, 5.41) is 11.5. The second-order valence-corrected chi connectivity index (χ2v) is 7.66. The number of rotatable bonds is 5. The minimum atomic E-state index is -0.733. The Balaban J connectivity index is 0.00000192. The van der Waals surface area contributed by atoms with Gasteiger partial charge >= 0.3 is 0 Å². The molecule has 0 unspecified atom stereocenters. The van der Waals surface area contributed by atoms with E-state index in [9.17, 15) is 4.79 Å². The molecule has 1 saturated carbocycles. The van der Waals surface area contributed by atoms with Crippen LogP contribution in [0.15, 0.2) is 34.7 Å². The Morgan fingerprint density at radius 2 is 1.96 bits per heavy atom. The number of nitrogens with two attached hydrogens (primary N) is 1. The van der Waals surface area contributed by atoms with Crippen LogP contribution < -0.4 is 11.1 Å². The van der Waals surface area contributed by atoms with E-state index in [1.807, 2.05) is 18.2 Å². The van der Waals surface area contributed by atoms with Gasteiger partial charge in [0.05, 0.1) is 5.54 Å². The largest absolute Gasteiger partial charge is 0.317 e. The summed E-state index contributed by atoms with van der Waals surface area (Å²) in [6.07, 6.45) is 3.51. The highest BCUT2D eigenvalue weighted by Gasteiger charge is 2.37. The molecule has 0 aliphatic heterocycles. The molecule has 1 aromatic heterocycles. The lowest BCUT2D eigenvalue weighted by Crippen LogP contribution is -2.48. The molecule has 1 fully saturated rings. The molecule has 2 aromatic rings. The van der Waals surface area contributed by atoms with Crippen LogP contribution in [0.1, 0.15) is 31.2 Å². The van der Waals surface area contributed by atoms with Crippen molar-refractivity contribution in [2.45, 2.75) is 41.3 Å². The van der Waals surface area contributed by atoms with E-state index in [0.717, 1.165) is 35.8 Å². The minimum Gasteiger partial charge on any atom is -0.317 e. The Kier molecular flexibility index (Phi) is 6.41. The molecular weight excluding hydrogens is 352 g/mol. The highest BCUT2D eigenvalue weighted by Crippen LogP contribution is 2.31. The Morgan fingerprint density at radius 1 is 1.26 bits per heavy atom. The van der Waals surface area contributed by atoms with Crippen LogP contribution >= 0.6 is 35.5 Å². The topological polar surface area (TPSA) is 80.9 Å². The summed E-state index contributed by atoms with van der Waals surface area (Å²) in [4.78, 5) is 12.2. The first-order valence-electron chi connectivity index (χ1n) is 7.26. The first kappa shape index (κ1) is 18.2. The number of hydrogen-bond acceptors (Lipinski definition) is 6. The summed E-state index contributed by atoms with van der Waals surface area (Å²) >= 11 is 3.01. The van der Waals surface area contributed by atoms with Gasteiger partial charge in [0.15, 0.2) is 4.34 Å². The van der Waals surface area contributed by atoms with Crippen molar-refractivity contribution < 1.29 is 4.79 Å². The third-order valence-corrected chi connectivity index (χ3v) is 5.82. The zero-order valence-corrected chi connectivity index (χ0v) is 15.0. The first-order chi connectivity index (χ1) is 10.7. The lowest BCUT2D eigenvalue weighted by Gasteiger charge is -2.20. The maximum absolute atomic E-state index is 12.2. The molecule has 3 rings (SSSR count). The molecule has 8 heteroatoms. The SMILES string of the molecule is Cl.NC1(C(=O)Nc2nnc(SCc3ccccc3)s2)CCCC1. The fourth-order valence-electron chi connectivity index (χ4n) is 2.49. The molecule has 1 aliphatic carbocycles. The normalized spacial score (nSPS) is 15.9. The summed E-state index contributed by atoms with van der Waals surface area (Å²) in [5.74, 6) is 0.699. The fourth-order valence-corrected chi connectivity index (χ4v) is 4.20. The molecule has 3 N–H and O–H groups in total. The molecule has 0 bridgehead atoms. The molecule has 1 heterocycles. The molecule has 1 amide bonds. The van der Waals surface area contributed by atoms with Crippen LogP contribution in [0.2, 0.25) is 0 Å². The van der Waals surface area contributed by atoms with E-state index >= 15 is 0 Å². The average molecular weight is 371 g/mol. The lowest BCUT2D eigenvalue weighted by atomic mass is 9.98. The van der Waals surface area contributed by atoms with Crippen molar-refractivity contribution >= 4 is 46.5 Å². The van der Waals surface area contributed by atoms with Gasteiger partial charge in [-0.25, -0.2) is 0 Å². The predicted octanol–water partition coefficient (Wildman–Crippen LogP) is 3.46. The van der Waals surface area contributed by atoms with Crippen molar-refractivity contribution in [3.63, 3.8) is 0 Å². The number of nitrogens with zero attached hydrogens (tertiary/aromatic N) is 2. The maximum atomic E-state index is 12.2. The quantitative estimate of drug-likeness (QED) is 0.622. The third kappa shape index (κ3) is 4.67. The fraction of sp³-hybridized carbons (Fsp3) is 0.400. The molecule has 1 aliphatic rings. The number of carbonyl (C=O) groups is 1. The van der Waals surface area contributed by atoms with Gasteiger partial charge in [-0.15, -0.1) is 22.6 Å². The van der Waals surface area contributed by atoms with Crippen molar-refractivity contribution in [2.75, 3.05) is 5.32 Å². The van der Waals surface area contributed by atoms with E-state index in [2.05, 4.69) is 27.6 Å². The maximum Gasteiger partial charge on any atom is 0.246 e. The van der Waals surface area contributed by atoms with Crippen LogP contribution in [-0.2, 0) is 10.5 Å². The number of anilines is 1. The Bertz CT molecular complexity index is 644. The molecule has 1 aromatic carbocycles. The Hall–Kier alpha value is -1.15. The summed E-state index contributed by atoms with van der Waals surface area (Å²) in [6, 6.07) is 10.2. The molecule has 0 radical (unpaired) electrons. The van der Waals surface area contributed by atoms with Crippen molar-refractivity contribution in [3.05, 3.63) is 35.9 Å². The highest BCUT2D eigenvalue weighted by atomic mass is 35.5. The summed E-state index contributed by atoms with van der Waals surface area (Å²) < 4.78 is 0.844. The Labute approximate surface area is 149 Å². The summed E-state index contributed by atoms with van der Waals surface area (Å²) in [6.45, 7) is 0. The van der Waals surface area contributed by atoms with Gasteiger partial charge in [-0.05, 0) is 18.4 Å². The van der Waals surface area contributed by atoms with Crippen LogP contribution in [0.5, 0.6) is 0 Å². The average Bonchev–Trinajstić information content (AvgIpc) is 3.16. The number of nitrogens with one attached hydrogen (secondary N) is 1. The van der Waals surface area contributed by atoms with Gasteiger partial charge in [0.1, 0.15) is 0 Å². The van der Waals surface area contributed by atoms with Crippen LogP contribution in [0.4, 0.5) is 5.13 Å². The van der Waals surface area contributed by atoms with E-state index in [4.69, 9.17) is 5.73 Å². The van der Waals surface area contributed by atoms with Crippen molar-refractivity contribution in [1.82, 2.24) is 10.2 Å². The van der Waals surface area contributed by atoms with Crippen molar-refractivity contribution in [1.29, 1.82) is 0 Å². The monoisotopic (exact) mass is 370 g/mol. The van der Waals surface area contributed by atoms with Crippen LogP contribution in [0.25, 0.3) is 0 Å². The van der Waals surface area contributed by atoms with E-state index in [0.29, 0.717) is 5.13 Å². The van der Waals surface area contributed by atoms with E-state index in [1.165, 1.54) is 16.9 Å². The lowest BCUT2D eigenvalue weighted by molar-refractivity contribution is -0.121. The summed E-state index contributed by atoms with van der Waals surface area (Å²) in [7, 11) is 0. The van der Waals surface area contributed by atoms with E-state index < -0.39 is 5.54 Å². The zero-order chi connectivity index (χ0) is 15.4. The zero-order valence-electron chi connectivity index (χ0n) is 12.5. The second kappa shape index (κ2) is 8.10. The molecule has 0 spiro atoms. The first-order valence-corrected chi connectivity index (χ1v) is 9.06. The van der Waals surface area contributed by atoms with Gasteiger partial charge in [-0.3, -0.25) is 10.1 Å². The molecule has 0 atom stereocenters. The molecule has 124 valence electrons. The molecular formula is C15H19ClN4OS2. The third-order valence-electron chi connectivity index (χ3n) is 3.78. The van der Waals surface area contributed by atoms with Gasteiger partial charge in [-0.2, -0.15) is 0 Å². The molecule has 23 heavy (non-hydrogen) atoms. The number of aromatic nitrogens is 2. The van der Waals surface area contributed by atoms with Gasteiger partial charge in [0, 0.05) is 5.75 Å². The number of carbonyl (C=O) groups excluding carboxylic acids is 1. The standard InChI is InChI=1S/C15H18N4OS2.ClH/c16-15(8-4-5-9-15)12(20)17-13-18-19-14(22-13)21-10-11-6-2-1-3-7-11;/h1-3,6-7H,4-5,8-10,16H2,(H,17,18,20);1H. The second-order valence-electron chi connectivity index (χ2n) is 5.46. The Morgan fingerprint density at radius 3 is 2.65 bits per heavy atom. The molecule has 0 saturated heterocycles. The number of halogens is 1. The van der Waals surface area contributed by atoms with E-state index in [-0.39, 0.29) is 18.3 Å². The van der Waals surface area contributed by atoms with Gasteiger partial charge in [0.2, 0.25) is 11.0 Å². The number of benzene rings is 1. The van der Waals surface area contributed by atoms with Crippen molar-refractivity contribution in [3.8, 4) is 0 Å². The number of amides is 1. The van der Waals surface area contributed by atoms with Gasteiger partial charge in [-0.1, -0.05) is 66.3 Å². The highest BCUT2D eigenvalue weighted by molar-refractivity contribution is 8.00. The van der Waals surface area contributed by atoms with Crippen LogP contribution in [0, 0.1) is 0 Å². The van der Waals surface area contributed by atoms with Gasteiger partial charge in [0.25, 0.3) is 0 Å². The smallest absolute Gasteiger partial charge is 0.246 e. The van der Waals surface area contributed by atoms with Gasteiger partial charge < -0.3 is 5.73 Å². The number of thioether (sulfide) groups is 1. The van der Waals surface area contributed by atoms with E-state index in [1.54, 1.807) is 11.8 Å². The van der Waals surface area contributed by atoms with Crippen LogP contribution in [0.3, 0.4) is 0 Å². The number of hydrogen-bond donors (Lipinski definition) is 2. The minimum absolute atomic E-state index is 0. The summed E-state index contributed by atoms with van der Waals surface area (Å²) in [5.41, 5.74) is 6.63. The van der Waals surface area contributed by atoms with Crippen LogP contribution in [-0.4, -0.2) is 21.6 Å².